The molecule has 1 amide bonds. The largest absolute Gasteiger partial charge is 0.394 e. The lowest BCUT2D eigenvalue weighted by Crippen LogP contribution is -2.60. The van der Waals surface area contributed by atoms with Crippen LogP contribution in [0.25, 0.3) is 0 Å². The maximum Gasteiger partial charge on any atom is 0.220 e. The predicted octanol–water partition coefficient (Wildman–Crippen LogP) is 20.5. The zero-order chi connectivity index (χ0) is 64.9. The zero-order valence-electron chi connectivity index (χ0n) is 57.1. The monoisotopic (exact) mass is 1250 g/mol. The highest BCUT2D eigenvalue weighted by Crippen LogP contribution is 2.23. The molecule has 7 unspecified atom stereocenters. The van der Waals surface area contributed by atoms with Crippen LogP contribution in [0.1, 0.15) is 277 Å². The molecule has 0 saturated carbocycles. The molecule has 1 heterocycles. The summed E-state index contributed by atoms with van der Waals surface area (Å²) in [5, 5.41) is 54.7. The Hall–Kier alpha value is -4.45. The van der Waals surface area contributed by atoms with Crippen molar-refractivity contribution in [2.75, 3.05) is 13.2 Å². The second-order valence-electron chi connectivity index (χ2n) is 24.3. The van der Waals surface area contributed by atoms with E-state index in [9.17, 15) is 30.3 Å². The van der Waals surface area contributed by atoms with Crippen LogP contribution < -0.4 is 5.32 Å². The zero-order valence-corrected chi connectivity index (χ0v) is 57.1. The van der Waals surface area contributed by atoms with Gasteiger partial charge in [-0.05, 0) is 128 Å². The van der Waals surface area contributed by atoms with E-state index < -0.39 is 49.5 Å². The Labute approximate surface area is 551 Å². The number of carbonyl (C=O) groups excluding carboxylic acids is 1. The summed E-state index contributed by atoms with van der Waals surface area (Å²) in [5.74, 6) is -0.228. The van der Waals surface area contributed by atoms with E-state index in [-0.39, 0.29) is 18.9 Å². The van der Waals surface area contributed by atoms with Gasteiger partial charge in [-0.3, -0.25) is 4.79 Å². The minimum atomic E-state index is -1.59. The first-order chi connectivity index (χ1) is 44.3. The van der Waals surface area contributed by atoms with Crippen molar-refractivity contribution in [1.82, 2.24) is 5.32 Å². The normalized spacial score (nSPS) is 18.9. The predicted molar refractivity (Wildman–Crippen MR) is 386 cm³/mol. The number of ether oxygens (including phenoxy) is 2. The first kappa shape index (κ1) is 83.6. The standard InChI is InChI=1S/C81H133NO8/c1-3-5-7-9-11-13-15-17-19-21-23-25-27-29-31-33-35-36-37-38-39-40-41-43-45-47-49-51-53-55-57-59-61-63-65-67-69-71-77(85)82-74(73-89-81-80(88)79(87)78(86)76(72-83)90-81)75(84)70-68-66-64-62-60-58-56-54-52-50-48-46-44-42-34-32-30-28-26-24-22-20-18-16-14-12-10-8-6-4-2/h5,7,11,13,17,19,23,25,29,31,35-36,38-39,41,43,47,49,52-55,59-62,68,70,74-76,78-81,83-84,86-88H,3-4,6,8-10,12,14-16,18,20-22,24,26-28,30,32-34,37,40,42,44-46,48,50-51,56-58,63-67,69,71-73H2,1-2H3,(H,82,85)/b7-5-,13-11-,19-17-,25-23-,31-29-,36-35-,39-38-,43-41-,49-47-,54-52+,55-53-,61-59-,62-60+,70-68+. The minimum Gasteiger partial charge on any atom is -0.394 e. The molecule has 90 heavy (non-hydrogen) atoms. The molecule has 1 aliphatic heterocycles. The molecule has 9 heteroatoms. The summed E-state index contributed by atoms with van der Waals surface area (Å²) in [7, 11) is 0. The minimum absolute atomic E-state index is 0.228. The smallest absolute Gasteiger partial charge is 0.220 e. The second kappa shape index (κ2) is 67.4. The van der Waals surface area contributed by atoms with Crippen LogP contribution in [0.3, 0.4) is 0 Å². The molecular weight excluding hydrogens is 1110 g/mol. The molecule has 1 saturated heterocycles. The van der Waals surface area contributed by atoms with Gasteiger partial charge in [-0.2, -0.15) is 0 Å². The quantitative estimate of drug-likeness (QED) is 0.0261. The highest BCUT2D eigenvalue weighted by molar-refractivity contribution is 5.76. The van der Waals surface area contributed by atoms with Crippen LogP contribution >= 0.6 is 0 Å². The third-order valence-electron chi connectivity index (χ3n) is 16.0. The topological polar surface area (TPSA) is 149 Å². The Bertz CT molecular complexity index is 2030. The van der Waals surface area contributed by atoms with Crippen molar-refractivity contribution in [1.29, 1.82) is 0 Å². The number of aliphatic hydroxyl groups excluding tert-OH is 5. The van der Waals surface area contributed by atoms with Gasteiger partial charge < -0.3 is 40.3 Å². The molecule has 0 aliphatic carbocycles. The average Bonchev–Trinajstić information content (AvgIpc) is 1.28. The van der Waals surface area contributed by atoms with Gasteiger partial charge in [0.15, 0.2) is 6.29 Å². The molecule has 0 aromatic carbocycles. The maximum atomic E-state index is 13.1. The van der Waals surface area contributed by atoms with Crippen LogP contribution in [0, 0.1) is 0 Å². The third-order valence-corrected chi connectivity index (χ3v) is 16.0. The molecule has 0 spiro atoms. The van der Waals surface area contributed by atoms with Gasteiger partial charge in [-0.1, -0.05) is 312 Å². The molecule has 9 nitrogen and oxygen atoms in total. The van der Waals surface area contributed by atoms with Crippen molar-refractivity contribution in [3.63, 3.8) is 0 Å². The third kappa shape index (κ3) is 55.2. The number of amides is 1. The van der Waals surface area contributed by atoms with Gasteiger partial charge in [0, 0.05) is 6.42 Å². The molecular formula is C81H133NO8. The van der Waals surface area contributed by atoms with Gasteiger partial charge in [0.25, 0.3) is 0 Å². The van der Waals surface area contributed by atoms with Gasteiger partial charge in [0.05, 0.1) is 25.4 Å². The van der Waals surface area contributed by atoms with Crippen LogP contribution in [0.15, 0.2) is 170 Å². The van der Waals surface area contributed by atoms with Crippen molar-refractivity contribution in [2.45, 2.75) is 320 Å². The Morgan fingerprint density at radius 3 is 1.07 bits per heavy atom. The van der Waals surface area contributed by atoms with E-state index in [0.29, 0.717) is 12.8 Å². The number of hydrogen-bond acceptors (Lipinski definition) is 8. The molecule has 0 aromatic rings. The van der Waals surface area contributed by atoms with E-state index in [0.717, 1.165) is 116 Å². The summed E-state index contributed by atoms with van der Waals surface area (Å²) < 4.78 is 11.3. The number of aliphatic hydroxyl groups is 5. The molecule has 0 bridgehead atoms. The van der Waals surface area contributed by atoms with E-state index in [1.807, 2.05) is 6.08 Å². The number of allylic oxidation sites excluding steroid dienone is 27. The molecule has 7 atom stereocenters. The Morgan fingerprint density at radius 1 is 0.389 bits per heavy atom. The van der Waals surface area contributed by atoms with Gasteiger partial charge in [-0.15, -0.1) is 0 Å². The fraction of sp³-hybridized carbons (Fsp3) is 0.642. The van der Waals surface area contributed by atoms with Crippen LogP contribution in [-0.4, -0.2) is 87.5 Å². The highest BCUT2D eigenvalue weighted by atomic mass is 16.7. The van der Waals surface area contributed by atoms with E-state index in [1.165, 1.54) is 128 Å². The van der Waals surface area contributed by atoms with E-state index in [4.69, 9.17) is 9.47 Å². The number of carbonyl (C=O) groups is 1. The lowest BCUT2D eigenvalue weighted by atomic mass is 9.99. The van der Waals surface area contributed by atoms with Crippen LogP contribution in [0.5, 0.6) is 0 Å². The van der Waals surface area contributed by atoms with Crippen LogP contribution in [0.2, 0.25) is 0 Å². The summed E-state index contributed by atoms with van der Waals surface area (Å²) in [4.78, 5) is 13.1. The summed E-state index contributed by atoms with van der Waals surface area (Å²) in [6.45, 7) is 3.64. The van der Waals surface area contributed by atoms with Crippen molar-refractivity contribution in [3.8, 4) is 0 Å². The summed E-state index contributed by atoms with van der Waals surface area (Å²) in [6.07, 6.45) is 100. The van der Waals surface area contributed by atoms with Gasteiger partial charge in [0.1, 0.15) is 24.4 Å². The Kier molecular flexibility index (Phi) is 62.6. The van der Waals surface area contributed by atoms with E-state index >= 15 is 0 Å². The number of rotatable bonds is 61. The number of unbranched alkanes of at least 4 members (excludes halogenated alkanes) is 25. The highest BCUT2D eigenvalue weighted by Gasteiger charge is 2.44. The van der Waals surface area contributed by atoms with E-state index in [2.05, 4.69) is 177 Å². The summed E-state index contributed by atoms with van der Waals surface area (Å²) >= 11 is 0. The molecule has 510 valence electrons. The summed E-state index contributed by atoms with van der Waals surface area (Å²) in [6, 6.07) is -0.862. The van der Waals surface area contributed by atoms with Crippen molar-refractivity contribution < 1.29 is 39.8 Å². The van der Waals surface area contributed by atoms with Crippen LogP contribution in [-0.2, 0) is 14.3 Å². The number of hydrogen-bond donors (Lipinski definition) is 6. The van der Waals surface area contributed by atoms with Crippen molar-refractivity contribution in [3.05, 3.63) is 170 Å². The molecule has 0 radical (unpaired) electrons. The molecule has 0 aromatic heterocycles. The van der Waals surface area contributed by atoms with Crippen LogP contribution in [0.4, 0.5) is 0 Å². The summed E-state index contributed by atoms with van der Waals surface area (Å²) in [5.41, 5.74) is 0. The lowest BCUT2D eigenvalue weighted by Gasteiger charge is -2.40. The second-order valence-corrected chi connectivity index (χ2v) is 24.3. The Morgan fingerprint density at radius 2 is 0.700 bits per heavy atom. The molecule has 1 aliphatic rings. The SMILES string of the molecule is CC/C=C\C/C=C\C/C=C\C/C=C\C/C=C\C/C=C\C/C=C\C/C=C\C/C=C\C/C=C\C/C=C\CCCCCC(=O)NC(COC1OC(CO)C(O)C(O)C1O)C(O)/C=C/CC/C=C/CC/C=C/CCCCCCCCCCCCCCCCCCCCCC. The van der Waals surface area contributed by atoms with E-state index in [1.54, 1.807) is 6.08 Å². The lowest BCUT2D eigenvalue weighted by molar-refractivity contribution is -0.302. The molecule has 1 rings (SSSR count). The first-order valence-electron chi connectivity index (χ1n) is 36.4. The molecule has 1 fully saturated rings. The van der Waals surface area contributed by atoms with Gasteiger partial charge in [-0.25, -0.2) is 0 Å². The van der Waals surface area contributed by atoms with Crippen molar-refractivity contribution >= 4 is 5.91 Å². The maximum absolute atomic E-state index is 13.1. The fourth-order valence-corrected chi connectivity index (χ4v) is 10.4. The average molecular weight is 1250 g/mol. The number of nitrogens with one attached hydrogen (secondary N) is 1. The Balaban J connectivity index is 2.23. The van der Waals surface area contributed by atoms with Crippen molar-refractivity contribution in [2.24, 2.45) is 0 Å². The fourth-order valence-electron chi connectivity index (χ4n) is 10.4. The molecule has 6 N–H and O–H groups in total. The van der Waals surface area contributed by atoms with Gasteiger partial charge in [0.2, 0.25) is 5.91 Å². The van der Waals surface area contributed by atoms with Gasteiger partial charge >= 0.3 is 0 Å². The first-order valence-corrected chi connectivity index (χ1v) is 36.4.